The van der Waals surface area contributed by atoms with E-state index in [-0.39, 0.29) is 0 Å². The van der Waals surface area contributed by atoms with Crippen LogP contribution in [0.1, 0.15) is 5.56 Å². The van der Waals surface area contributed by atoms with Crippen LogP contribution in [0.2, 0.25) is 0 Å². The van der Waals surface area contributed by atoms with E-state index in [0.717, 1.165) is 28.7 Å². The van der Waals surface area contributed by atoms with E-state index in [9.17, 15) is 0 Å². The summed E-state index contributed by atoms with van der Waals surface area (Å²) in [6, 6.07) is 8.06. The number of nitrogens with zero attached hydrogens (tertiary/aromatic N) is 2. The van der Waals surface area contributed by atoms with Crippen LogP contribution in [-0.4, -0.2) is 30.7 Å². The summed E-state index contributed by atoms with van der Waals surface area (Å²) in [5, 5.41) is 1.08. The number of hydrogen-bond acceptors (Lipinski definition) is 4. The molecule has 0 saturated heterocycles. The Balaban J connectivity index is 2.09. The van der Waals surface area contributed by atoms with Crippen molar-refractivity contribution in [2.45, 2.75) is 5.54 Å². The largest absolute Gasteiger partial charge is 0.497 e. The zero-order chi connectivity index (χ0) is 12.4. The summed E-state index contributed by atoms with van der Waals surface area (Å²) in [5.41, 5.74) is 0.690. The van der Waals surface area contributed by atoms with Gasteiger partial charge in [-0.2, -0.15) is 0 Å². The fourth-order valence-corrected chi connectivity index (χ4v) is 3.25. The molecule has 2 heterocycles. The fourth-order valence-electron chi connectivity index (χ4n) is 2.23. The van der Waals surface area contributed by atoms with Crippen molar-refractivity contribution < 1.29 is 4.74 Å². The Bertz CT molecular complexity index is 536. The first-order valence-corrected chi connectivity index (χ1v) is 6.89. The quantitative estimate of drug-likeness (QED) is 0.835. The van der Waals surface area contributed by atoms with Gasteiger partial charge in [0.25, 0.3) is 0 Å². The number of aliphatic imine (C=N–C) groups is 2. The first-order valence-electron chi connectivity index (χ1n) is 5.90. The third-order valence-corrected chi connectivity index (χ3v) is 4.22. The molecule has 3 rings (SSSR count). The molecule has 4 heteroatoms. The lowest BCUT2D eigenvalue weighted by molar-refractivity contribution is 0.414. The van der Waals surface area contributed by atoms with Gasteiger partial charge < -0.3 is 4.74 Å². The average Bonchev–Trinajstić information content (AvgIpc) is 3.10. The number of ether oxygens (including phenoxy) is 1. The molecule has 1 aromatic rings. The Morgan fingerprint density at radius 1 is 1.39 bits per heavy atom. The summed E-state index contributed by atoms with van der Waals surface area (Å²) in [7, 11) is 1.68. The molecule has 0 fully saturated rings. The van der Waals surface area contributed by atoms with Crippen molar-refractivity contribution in [2.24, 2.45) is 9.98 Å². The van der Waals surface area contributed by atoms with Crippen LogP contribution in [0.3, 0.4) is 0 Å². The lowest BCUT2D eigenvalue weighted by Gasteiger charge is -2.24. The van der Waals surface area contributed by atoms with E-state index >= 15 is 0 Å². The summed E-state index contributed by atoms with van der Waals surface area (Å²) in [5.74, 6) is 1.90. The molecule has 92 valence electrons. The standard InChI is InChI=1S/C14H14N2OS/c1-17-12-5-2-4-11(10-12)14(6-3-7-16-14)13-15-8-9-18-13/h2-7,10H,8-9H2,1H3. The molecule has 0 bridgehead atoms. The minimum atomic E-state index is -0.421. The van der Waals surface area contributed by atoms with Crippen molar-refractivity contribution in [3.8, 4) is 5.75 Å². The van der Waals surface area contributed by atoms with Crippen LogP contribution in [-0.2, 0) is 5.54 Å². The van der Waals surface area contributed by atoms with Gasteiger partial charge in [0.2, 0.25) is 0 Å². The average molecular weight is 258 g/mol. The number of methoxy groups -OCH3 is 1. The molecular weight excluding hydrogens is 244 g/mol. The molecule has 0 aliphatic carbocycles. The van der Waals surface area contributed by atoms with Gasteiger partial charge in [0.05, 0.1) is 7.11 Å². The molecule has 0 spiro atoms. The van der Waals surface area contributed by atoms with Gasteiger partial charge in [-0.1, -0.05) is 12.1 Å². The molecule has 2 aliphatic rings. The normalized spacial score (nSPS) is 25.5. The smallest absolute Gasteiger partial charge is 0.152 e. The van der Waals surface area contributed by atoms with Crippen molar-refractivity contribution in [3.05, 3.63) is 42.0 Å². The molecule has 3 nitrogen and oxygen atoms in total. The number of hydrogen-bond donors (Lipinski definition) is 0. The molecule has 1 unspecified atom stereocenters. The molecule has 18 heavy (non-hydrogen) atoms. The predicted octanol–water partition coefficient (Wildman–Crippen LogP) is 2.68. The van der Waals surface area contributed by atoms with Crippen LogP contribution in [0, 0.1) is 0 Å². The predicted molar refractivity (Wildman–Crippen MR) is 77.1 cm³/mol. The second-order valence-corrected chi connectivity index (χ2v) is 5.25. The molecule has 1 atom stereocenters. The molecule has 1 aromatic carbocycles. The summed E-state index contributed by atoms with van der Waals surface area (Å²) < 4.78 is 5.30. The lowest BCUT2D eigenvalue weighted by Crippen LogP contribution is -2.27. The summed E-state index contributed by atoms with van der Waals surface area (Å²) in [6.07, 6.45) is 5.95. The maximum Gasteiger partial charge on any atom is 0.152 e. The second-order valence-electron chi connectivity index (χ2n) is 4.17. The van der Waals surface area contributed by atoms with Crippen LogP contribution in [0.25, 0.3) is 0 Å². The molecule has 0 aromatic heterocycles. The summed E-state index contributed by atoms with van der Waals surface area (Å²) >= 11 is 1.79. The zero-order valence-corrected chi connectivity index (χ0v) is 11.0. The topological polar surface area (TPSA) is 34.0 Å². The molecule has 0 saturated carbocycles. The van der Waals surface area contributed by atoms with Crippen molar-refractivity contribution in [2.75, 3.05) is 19.4 Å². The first kappa shape index (κ1) is 11.5. The van der Waals surface area contributed by atoms with Gasteiger partial charge in [0.15, 0.2) is 5.54 Å². The van der Waals surface area contributed by atoms with Crippen LogP contribution in [0.4, 0.5) is 0 Å². The third-order valence-electron chi connectivity index (χ3n) is 3.12. The fraction of sp³-hybridized carbons (Fsp3) is 0.286. The molecular formula is C14H14N2OS. The van der Waals surface area contributed by atoms with Gasteiger partial charge >= 0.3 is 0 Å². The highest BCUT2D eigenvalue weighted by molar-refractivity contribution is 8.14. The van der Waals surface area contributed by atoms with Crippen molar-refractivity contribution in [3.63, 3.8) is 0 Å². The van der Waals surface area contributed by atoms with Crippen LogP contribution in [0.5, 0.6) is 5.75 Å². The zero-order valence-electron chi connectivity index (χ0n) is 10.2. The highest BCUT2D eigenvalue weighted by Crippen LogP contribution is 2.39. The van der Waals surface area contributed by atoms with Gasteiger partial charge in [-0.25, -0.2) is 0 Å². The minimum absolute atomic E-state index is 0.421. The van der Waals surface area contributed by atoms with Crippen LogP contribution < -0.4 is 4.74 Å². The van der Waals surface area contributed by atoms with Crippen molar-refractivity contribution >= 4 is 23.0 Å². The van der Waals surface area contributed by atoms with Crippen molar-refractivity contribution in [1.29, 1.82) is 0 Å². The van der Waals surface area contributed by atoms with Crippen LogP contribution >= 0.6 is 11.8 Å². The van der Waals surface area contributed by atoms with Gasteiger partial charge in [0.1, 0.15) is 10.8 Å². The summed E-state index contributed by atoms with van der Waals surface area (Å²) in [6.45, 7) is 0.884. The van der Waals surface area contributed by atoms with E-state index < -0.39 is 5.54 Å². The van der Waals surface area contributed by atoms with Crippen LogP contribution in [0.15, 0.2) is 46.4 Å². The molecule has 2 aliphatic heterocycles. The van der Waals surface area contributed by atoms with Gasteiger partial charge in [-0.3, -0.25) is 9.98 Å². The van der Waals surface area contributed by atoms with E-state index in [2.05, 4.69) is 22.1 Å². The second kappa shape index (κ2) is 4.61. The number of rotatable bonds is 3. The maximum atomic E-state index is 5.30. The molecule has 0 amide bonds. The SMILES string of the molecule is COc1cccc(C2(C3=NCCS3)C=CC=N2)c1. The van der Waals surface area contributed by atoms with E-state index in [1.165, 1.54) is 0 Å². The Hall–Kier alpha value is -1.55. The highest BCUT2D eigenvalue weighted by Gasteiger charge is 2.38. The third kappa shape index (κ3) is 1.77. The Kier molecular flexibility index (Phi) is 2.96. The first-order chi connectivity index (χ1) is 8.85. The summed E-state index contributed by atoms with van der Waals surface area (Å²) in [4.78, 5) is 9.25. The minimum Gasteiger partial charge on any atom is -0.497 e. The number of benzene rings is 1. The highest BCUT2D eigenvalue weighted by atomic mass is 32.2. The van der Waals surface area contributed by atoms with E-state index in [4.69, 9.17) is 4.74 Å². The van der Waals surface area contributed by atoms with Gasteiger partial charge in [0, 0.05) is 18.5 Å². The van der Waals surface area contributed by atoms with E-state index in [0.29, 0.717) is 0 Å². The Labute approximate surface area is 111 Å². The monoisotopic (exact) mass is 258 g/mol. The Morgan fingerprint density at radius 3 is 3.00 bits per heavy atom. The van der Waals surface area contributed by atoms with Crippen molar-refractivity contribution in [1.82, 2.24) is 0 Å². The molecule has 0 radical (unpaired) electrons. The maximum absolute atomic E-state index is 5.30. The number of allylic oxidation sites excluding steroid dienone is 1. The lowest BCUT2D eigenvalue weighted by atomic mass is 9.92. The Morgan fingerprint density at radius 2 is 2.33 bits per heavy atom. The van der Waals surface area contributed by atoms with Gasteiger partial charge in [-0.05, 0) is 29.8 Å². The van der Waals surface area contributed by atoms with E-state index in [1.54, 1.807) is 18.9 Å². The molecule has 0 N–H and O–H groups in total. The van der Waals surface area contributed by atoms with E-state index in [1.807, 2.05) is 30.5 Å². The van der Waals surface area contributed by atoms with Gasteiger partial charge in [-0.15, -0.1) is 11.8 Å². The number of thioether (sulfide) groups is 1.